The molecule has 0 bridgehead atoms. The molecule has 30 heavy (non-hydrogen) atoms. The maximum absolute atomic E-state index is 13.4. The lowest BCUT2D eigenvalue weighted by Gasteiger charge is -2.25. The van der Waals surface area contributed by atoms with E-state index < -0.39 is 29.5 Å². The van der Waals surface area contributed by atoms with E-state index in [9.17, 15) is 29.0 Å². The lowest BCUT2D eigenvalue weighted by molar-refractivity contribution is -0.305. The van der Waals surface area contributed by atoms with Crippen LogP contribution in [0.2, 0.25) is 0 Å². The van der Waals surface area contributed by atoms with Crippen molar-refractivity contribution in [1.82, 2.24) is 4.90 Å². The molecule has 1 saturated heterocycles. The summed E-state index contributed by atoms with van der Waals surface area (Å²) in [5.41, 5.74) is 0.854. The molecule has 6 nitrogen and oxygen atoms in total. The number of carboxylic acids is 1. The van der Waals surface area contributed by atoms with Gasteiger partial charge < -0.3 is 19.9 Å². The van der Waals surface area contributed by atoms with Gasteiger partial charge in [-0.15, -0.1) is 0 Å². The van der Waals surface area contributed by atoms with Crippen molar-refractivity contribution in [3.63, 3.8) is 0 Å². The number of benzene rings is 2. The van der Waals surface area contributed by atoms with Crippen molar-refractivity contribution >= 4 is 23.4 Å². The second-order valence-corrected chi connectivity index (χ2v) is 7.09. The van der Waals surface area contributed by atoms with Crippen molar-refractivity contribution in [3.05, 3.63) is 77.1 Å². The minimum Gasteiger partial charge on any atom is -0.550 e. The number of likely N-dealkylation sites (tertiary alicyclic amines) is 1. The molecule has 0 unspecified atom stereocenters. The van der Waals surface area contributed by atoms with Gasteiger partial charge in [0.05, 0.1) is 11.6 Å². The van der Waals surface area contributed by atoms with E-state index in [-0.39, 0.29) is 24.3 Å². The van der Waals surface area contributed by atoms with Gasteiger partial charge in [0, 0.05) is 18.1 Å². The zero-order valence-corrected chi connectivity index (χ0v) is 16.2. The van der Waals surface area contributed by atoms with Crippen LogP contribution in [0.25, 0.3) is 5.76 Å². The Labute approximate surface area is 173 Å². The fourth-order valence-corrected chi connectivity index (χ4v) is 3.58. The smallest absolute Gasteiger partial charge is 0.295 e. The monoisotopic (exact) mass is 410 g/mol. The van der Waals surface area contributed by atoms with E-state index in [2.05, 4.69) is 0 Å². The third-order valence-electron chi connectivity index (χ3n) is 5.05. The molecule has 1 aliphatic rings. The van der Waals surface area contributed by atoms with Crippen LogP contribution in [0.15, 0.2) is 60.2 Å². The molecule has 1 amide bonds. The first kappa shape index (κ1) is 21.2. The van der Waals surface area contributed by atoms with Crippen LogP contribution < -0.4 is 5.11 Å². The predicted molar refractivity (Wildman–Crippen MR) is 105 cm³/mol. The second kappa shape index (κ2) is 9.35. The van der Waals surface area contributed by atoms with Crippen LogP contribution in [-0.4, -0.2) is 34.2 Å². The van der Waals surface area contributed by atoms with E-state index in [4.69, 9.17) is 0 Å². The molecule has 0 saturated carbocycles. The van der Waals surface area contributed by atoms with Crippen LogP contribution in [0.4, 0.5) is 4.39 Å². The molecule has 1 aliphatic heterocycles. The summed E-state index contributed by atoms with van der Waals surface area (Å²) in [6, 6.07) is 13.0. The zero-order chi connectivity index (χ0) is 21.7. The molecule has 0 spiro atoms. The summed E-state index contributed by atoms with van der Waals surface area (Å²) in [4.78, 5) is 37.4. The summed E-state index contributed by atoms with van der Waals surface area (Å²) in [6.45, 7) is 0.200. The van der Waals surface area contributed by atoms with Crippen LogP contribution in [0.5, 0.6) is 0 Å². The highest BCUT2D eigenvalue weighted by Crippen LogP contribution is 2.39. The normalized spacial score (nSPS) is 18.0. The maximum Gasteiger partial charge on any atom is 0.295 e. The third-order valence-corrected chi connectivity index (χ3v) is 5.05. The van der Waals surface area contributed by atoms with Crippen LogP contribution in [0.3, 0.4) is 0 Å². The largest absolute Gasteiger partial charge is 0.550 e. The number of aliphatic hydroxyl groups is 1. The first-order chi connectivity index (χ1) is 14.4. The Balaban J connectivity index is 1.95. The lowest BCUT2D eigenvalue weighted by atomic mass is 9.95. The van der Waals surface area contributed by atoms with Gasteiger partial charge in [0.15, 0.2) is 0 Å². The summed E-state index contributed by atoms with van der Waals surface area (Å²) in [6.07, 6.45) is 1.33. The third kappa shape index (κ3) is 4.56. The van der Waals surface area contributed by atoms with Gasteiger partial charge in [-0.3, -0.25) is 9.59 Å². The number of ketones is 1. The van der Waals surface area contributed by atoms with E-state index in [1.54, 1.807) is 30.3 Å². The van der Waals surface area contributed by atoms with E-state index in [0.717, 1.165) is 0 Å². The number of nitrogens with zero attached hydrogens (tertiary/aromatic N) is 1. The van der Waals surface area contributed by atoms with Gasteiger partial charge in [0.2, 0.25) is 0 Å². The van der Waals surface area contributed by atoms with Gasteiger partial charge in [-0.25, -0.2) is 4.39 Å². The molecule has 1 heterocycles. The number of hydrogen-bond donors (Lipinski definition) is 1. The molecule has 2 aromatic rings. The Morgan fingerprint density at radius 2 is 1.67 bits per heavy atom. The van der Waals surface area contributed by atoms with Crippen molar-refractivity contribution < 1.29 is 29.0 Å². The molecule has 0 aromatic heterocycles. The number of Topliss-reactive ketones (excluding diaryl/α,β-unsaturated/α-hetero) is 1. The summed E-state index contributed by atoms with van der Waals surface area (Å²) < 4.78 is 13.4. The number of halogens is 1. The molecule has 3 rings (SSSR count). The van der Waals surface area contributed by atoms with Crippen molar-refractivity contribution in [3.8, 4) is 0 Å². The second-order valence-electron chi connectivity index (χ2n) is 7.09. The number of amides is 1. The number of carboxylic acid groups (broad SMARTS) is 1. The van der Waals surface area contributed by atoms with Crippen LogP contribution in [0, 0.1) is 5.82 Å². The van der Waals surface area contributed by atoms with Gasteiger partial charge in [0.25, 0.3) is 11.7 Å². The van der Waals surface area contributed by atoms with Gasteiger partial charge in [-0.05, 0) is 37.0 Å². The first-order valence-corrected chi connectivity index (χ1v) is 9.69. The van der Waals surface area contributed by atoms with Gasteiger partial charge in [-0.2, -0.15) is 0 Å². The maximum atomic E-state index is 13.4. The van der Waals surface area contributed by atoms with Gasteiger partial charge in [-0.1, -0.05) is 48.9 Å². The van der Waals surface area contributed by atoms with E-state index >= 15 is 0 Å². The Hall–Kier alpha value is -3.48. The molecule has 156 valence electrons. The molecule has 7 heteroatoms. The Morgan fingerprint density at radius 1 is 1.00 bits per heavy atom. The molecule has 2 aromatic carbocycles. The zero-order valence-electron chi connectivity index (χ0n) is 16.2. The molecule has 0 radical (unpaired) electrons. The molecule has 1 N–H and O–H groups in total. The van der Waals surface area contributed by atoms with E-state index in [0.29, 0.717) is 30.4 Å². The highest BCUT2D eigenvalue weighted by molar-refractivity contribution is 6.46. The molecule has 0 aliphatic carbocycles. The average Bonchev–Trinajstić information content (AvgIpc) is 2.99. The Bertz CT molecular complexity index is 969. The standard InChI is InChI=1S/C23H22FNO5/c24-17-12-10-15(11-13-17)20-19(21(28)16-7-3-1-4-8-16)22(29)23(30)25(20)14-6-2-5-9-18(26)27/h1,3-4,7-8,10-13,20,28H,2,5-6,9,14H2,(H,26,27)/p-1/t20-/m1/s1. The summed E-state index contributed by atoms with van der Waals surface area (Å²) in [7, 11) is 0. The fraction of sp³-hybridized carbons (Fsp3) is 0.261. The summed E-state index contributed by atoms with van der Waals surface area (Å²) in [5.74, 6) is -3.43. The van der Waals surface area contributed by atoms with Crippen molar-refractivity contribution in [1.29, 1.82) is 0 Å². The number of aliphatic hydroxyl groups excluding tert-OH is 1. The fourth-order valence-electron chi connectivity index (χ4n) is 3.58. The number of hydrogen-bond acceptors (Lipinski definition) is 5. The van der Waals surface area contributed by atoms with E-state index in [1.807, 2.05) is 0 Å². The summed E-state index contributed by atoms with van der Waals surface area (Å²) >= 11 is 0. The molecular weight excluding hydrogens is 389 g/mol. The van der Waals surface area contributed by atoms with Crippen molar-refractivity contribution in [2.75, 3.05) is 6.54 Å². The number of unbranched alkanes of at least 4 members (excludes halogenated alkanes) is 2. The SMILES string of the molecule is O=C([O-])CCCCCN1C(=O)C(=O)C(=C(O)c2ccccc2)[C@H]1c1ccc(F)cc1. The predicted octanol–water partition coefficient (Wildman–Crippen LogP) is 2.56. The van der Waals surface area contributed by atoms with Crippen LogP contribution >= 0.6 is 0 Å². The van der Waals surface area contributed by atoms with Gasteiger partial charge in [0.1, 0.15) is 11.6 Å². The van der Waals surface area contributed by atoms with Crippen molar-refractivity contribution in [2.24, 2.45) is 0 Å². The topological polar surface area (TPSA) is 97.7 Å². The average molecular weight is 410 g/mol. The van der Waals surface area contributed by atoms with E-state index in [1.165, 1.54) is 29.2 Å². The van der Waals surface area contributed by atoms with Gasteiger partial charge >= 0.3 is 0 Å². The number of rotatable bonds is 8. The highest BCUT2D eigenvalue weighted by Gasteiger charge is 2.45. The number of carbonyl (C=O) groups excluding carboxylic acids is 3. The van der Waals surface area contributed by atoms with Crippen LogP contribution in [0.1, 0.15) is 42.9 Å². The first-order valence-electron chi connectivity index (χ1n) is 9.69. The van der Waals surface area contributed by atoms with Crippen molar-refractivity contribution in [2.45, 2.75) is 31.7 Å². The quantitative estimate of drug-likeness (QED) is 0.312. The number of aliphatic carboxylic acids is 1. The molecular formula is C23H21FNO5-. The highest BCUT2D eigenvalue weighted by atomic mass is 19.1. The lowest BCUT2D eigenvalue weighted by Crippen LogP contribution is -2.30. The number of carbonyl (C=O) groups is 3. The van der Waals surface area contributed by atoms with Crippen LogP contribution in [-0.2, 0) is 14.4 Å². The minimum atomic E-state index is -1.13. The minimum absolute atomic E-state index is 0.0486. The Kier molecular flexibility index (Phi) is 6.61. The Morgan fingerprint density at radius 3 is 2.30 bits per heavy atom. The molecule has 1 fully saturated rings. The summed E-state index contributed by atoms with van der Waals surface area (Å²) in [5, 5.41) is 21.4. The molecule has 1 atom stereocenters.